The van der Waals surface area contributed by atoms with Crippen LogP contribution in [-0.2, 0) is 0 Å². The lowest BCUT2D eigenvalue weighted by Gasteiger charge is -2.24. The summed E-state index contributed by atoms with van der Waals surface area (Å²) < 4.78 is 0. The van der Waals surface area contributed by atoms with Crippen molar-refractivity contribution in [3.05, 3.63) is 10.0 Å². The summed E-state index contributed by atoms with van der Waals surface area (Å²) in [5, 5.41) is 12.1. The molecule has 2 rings (SSSR count). The summed E-state index contributed by atoms with van der Waals surface area (Å²) in [6.45, 7) is 3.94. The number of aromatic nitrogens is 2. The molecule has 5 heteroatoms. The van der Waals surface area contributed by atoms with E-state index in [0.717, 1.165) is 17.3 Å². The standard InChI is InChI=1S/C13H21N3OS/c1-9(8-11-6-4-3-5-7-11)14-12(17)13-16-15-10(2)18-13/h9,11H,3-8H2,1-2H3,(H,14,17)/t9-/m1/s1. The summed E-state index contributed by atoms with van der Waals surface area (Å²) in [6.07, 6.45) is 7.79. The second kappa shape index (κ2) is 6.27. The van der Waals surface area contributed by atoms with Crippen LogP contribution in [0.25, 0.3) is 0 Å². The second-order valence-corrected chi connectivity index (χ2v) is 6.42. The van der Waals surface area contributed by atoms with E-state index in [1.54, 1.807) is 0 Å². The summed E-state index contributed by atoms with van der Waals surface area (Å²) in [6, 6.07) is 0.227. The molecule has 0 radical (unpaired) electrons. The van der Waals surface area contributed by atoms with Crippen LogP contribution in [-0.4, -0.2) is 22.1 Å². The molecule has 0 spiro atoms. The van der Waals surface area contributed by atoms with E-state index in [1.165, 1.54) is 43.4 Å². The van der Waals surface area contributed by atoms with Crippen LogP contribution in [0.2, 0.25) is 0 Å². The van der Waals surface area contributed by atoms with Crippen LogP contribution >= 0.6 is 11.3 Å². The molecule has 1 aliphatic carbocycles. The zero-order chi connectivity index (χ0) is 13.0. The van der Waals surface area contributed by atoms with Crippen molar-refractivity contribution in [3.8, 4) is 0 Å². The molecule has 1 heterocycles. The minimum absolute atomic E-state index is 0.0797. The van der Waals surface area contributed by atoms with Gasteiger partial charge >= 0.3 is 0 Å². The molecule has 1 aromatic rings. The van der Waals surface area contributed by atoms with E-state index in [9.17, 15) is 4.79 Å². The van der Waals surface area contributed by atoms with E-state index in [2.05, 4.69) is 22.4 Å². The number of hydrogen-bond donors (Lipinski definition) is 1. The van der Waals surface area contributed by atoms with Gasteiger partial charge in [-0.3, -0.25) is 4.79 Å². The first-order valence-corrected chi connectivity index (χ1v) is 7.58. The van der Waals surface area contributed by atoms with E-state index >= 15 is 0 Å². The van der Waals surface area contributed by atoms with Crippen LogP contribution in [0, 0.1) is 12.8 Å². The lowest BCUT2D eigenvalue weighted by atomic mass is 9.85. The monoisotopic (exact) mass is 267 g/mol. The molecule has 0 unspecified atom stereocenters. The maximum Gasteiger partial charge on any atom is 0.282 e. The Labute approximate surface area is 112 Å². The van der Waals surface area contributed by atoms with E-state index in [4.69, 9.17) is 0 Å². The smallest absolute Gasteiger partial charge is 0.282 e. The van der Waals surface area contributed by atoms with Gasteiger partial charge in [-0.2, -0.15) is 0 Å². The van der Waals surface area contributed by atoms with Crippen molar-refractivity contribution in [1.29, 1.82) is 0 Å². The molecule has 1 atom stereocenters. The first-order chi connectivity index (χ1) is 8.65. The molecule has 4 nitrogen and oxygen atoms in total. The highest BCUT2D eigenvalue weighted by Crippen LogP contribution is 2.27. The Kier molecular flexibility index (Phi) is 4.69. The van der Waals surface area contributed by atoms with Crippen LogP contribution in [0.5, 0.6) is 0 Å². The Morgan fingerprint density at radius 3 is 2.72 bits per heavy atom. The number of amides is 1. The lowest BCUT2D eigenvalue weighted by Crippen LogP contribution is -2.34. The molecule has 0 aliphatic heterocycles. The molecule has 1 N–H and O–H groups in total. The molecule has 1 aliphatic rings. The van der Waals surface area contributed by atoms with Gasteiger partial charge in [-0.25, -0.2) is 0 Å². The minimum atomic E-state index is -0.0797. The number of nitrogens with one attached hydrogen (secondary N) is 1. The molecule has 1 amide bonds. The number of hydrogen-bond acceptors (Lipinski definition) is 4. The van der Waals surface area contributed by atoms with E-state index in [0.29, 0.717) is 5.01 Å². The van der Waals surface area contributed by atoms with Gasteiger partial charge in [0.25, 0.3) is 5.91 Å². The molecule has 1 aromatic heterocycles. The molecule has 0 saturated heterocycles. The Hall–Kier alpha value is -0.970. The zero-order valence-corrected chi connectivity index (χ0v) is 11.9. The van der Waals surface area contributed by atoms with Crippen LogP contribution in [0.1, 0.15) is 60.3 Å². The molecule has 100 valence electrons. The summed E-state index contributed by atoms with van der Waals surface area (Å²) in [7, 11) is 0. The average Bonchev–Trinajstić information content (AvgIpc) is 2.77. The van der Waals surface area contributed by atoms with Crippen LogP contribution in [0.4, 0.5) is 0 Å². The van der Waals surface area contributed by atoms with E-state index in [-0.39, 0.29) is 11.9 Å². The minimum Gasteiger partial charge on any atom is -0.347 e. The number of nitrogens with zero attached hydrogens (tertiary/aromatic N) is 2. The van der Waals surface area contributed by atoms with Crippen molar-refractivity contribution in [1.82, 2.24) is 15.5 Å². The van der Waals surface area contributed by atoms with Gasteiger partial charge in [-0.05, 0) is 26.2 Å². The number of rotatable bonds is 4. The number of aryl methyl sites for hydroxylation is 1. The van der Waals surface area contributed by atoms with Gasteiger partial charge in [0.15, 0.2) is 0 Å². The fourth-order valence-corrected chi connectivity index (χ4v) is 3.25. The third-order valence-corrected chi connectivity index (χ3v) is 4.35. The average molecular weight is 267 g/mol. The zero-order valence-electron chi connectivity index (χ0n) is 11.1. The second-order valence-electron chi connectivity index (χ2n) is 5.24. The van der Waals surface area contributed by atoms with Crippen molar-refractivity contribution in [2.75, 3.05) is 0 Å². The Morgan fingerprint density at radius 2 is 2.11 bits per heavy atom. The fourth-order valence-electron chi connectivity index (χ4n) is 2.66. The fraction of sp³-hybridized carbons (Fsp3) is 0.769. The van der Waals surface area contributed by atoms with Crippen molar-refractivity contribution < 1.29 is 4.79 Å². The highest BCUT2D eigenvalue weighted by molar-refractivity contribution is 7.13. The predicted molar refractivity (Wildman–Crippen MR) is 72.8 cm³/mol. The maximum absolute atomic E-state index is 11.9. The highest BCUT2D eigenvalue weighted by Gasteiger charge is 2.19. The number of carbonyl (C=O) groups is 1. The van der Waals surface area contributed by atoms with Gasteiger partial charge in [-0.15, -0.1) is 10.2 Å². The molecular weight excluding hydrogens is 246 g/mol. The largest absolute Gasteiger partial charge is 0.347 e. The third kappa shape index (κ3) is 3.77. The van der Waals surface area contributed by atoms with Crippen molar-refractivity contribution in [3.63, 3.8) is 0 Å². The van der Waals surface area contributed by atoms with Crippen molar-refractivity contribution in [2.45, 2.75) is 58.4 Å². The molecule has 0 bridgehead atoms. The van der Waals surface area contributed by atoms with Gasteiger partial charge in [-0.1, -0.05) is 43.4 Å². The Bertz CT molecular complexity index is 399. The first-order valence-electron chi connectivity index (χ1n) is 6.76. The van der Waals surface area contributed by atoms with Crippen molar-refractivity contribution >= 4 is 17.2 Å². The predicted octanol–water partition coefficient (Wildman–Crippen LogP) is 2.94. The summed E-state index contributed by atoms with van der Waals surface area (Å²) in [4.78, 5) is 11.9. The Morgan fingerprint density at radius 1 is 1.39 bits per heavy atom. The molecule has 1 saturated carbocycles. The SMILES string of the molecule is Cc1nnc(C(=O)N[C@H](C)CC2CCCCC2)s1. The molecule has 18 heavy (non-hydrogen) atoms. The summed E-state index contributed by atoms with van der Waals surface area (Å²) >= 11 is 1.35. The summed E-state index contributed by atoms with van der Waals surface area (Å²) in [5.41, 5.74) is 0. The lowest BCUT2D eigenvalue weighted by molar-refractivity contribution is 0.0932. The van der Waals surface area contributed by atoms with Crippen molar-refractivity contribution in [2.24, 2.45) is 5.92 Å². The molecule has 1 fully saturated rings. The molecular formula is C13H21N3OS. The van der Waals surface area contributed by atoms with Gasteiger partial charge in [0.1, 0.15) is 5.01 Å². The maximum atomic E-state index is 11.9. The number of carbonyl (C=O) groups excluding carboxylic acids is 1. The first kappa shape index (κ1) is 13.5. The van der Waals surface area contributed by atoms with Gasteiger partial charge in [0, 0.05) is 6.04 Å². The summed E-state index contributed by atoms with van der Waals surface area (Å²) in [5.74, 6) is 0.703. The Balaban J connectivity index is 1.79. The van der Waals surface area contributed by atoms with Crippen LogP contribution < -0.4 is 5.32 Å². The third-order valence-electron chi connectivity index (χ3n) is 3.51. The highest BCUT2D eigenvalue weighted by atomic mass is 32.1. The van der Waals surface area contributed by atoms with Gasteiger partial charge < -0.3 is 5.32 Å². The quantitative estimate of drug-likeness (QED) is 0.912. The van der Waals surface area contributed by atoms with Gasteiger partial charge in [0.05, 0.1) is 0 Å². The van der Waals surface area contributed by atoms with Crippen LogP contribution in [0.15, 0.2) is 0 Å². The van der Waals surface area contributed by atoms with E-state index in [1.807, 2.05) is 6.92 Å². The van der Waals surface area contributed by atoms with E-state index < -0.39 is 0 Å². The van der Waals surface area contributed by atoms with Crippen LogP contribution in [0.3, 0.4) is 0 Å². The topological polar surface area (TPSA) is 54.9 Å². The molecule has 0 aromatic carbocycles. The van der Waals surface area contributed by atoms with Gasteiger partial charge in [0.2, 0.25) is 5.01 Å². The normalized spacial score (nSPS) is 18.6.